The molecule has 0 heterocycles. The van der Waals surface area contributed by atoms with Gasteiger partial charge in [0.2, 0.25) is 11.8 Å². The Kier molecular flexibility index (Phi) is 10.8. The molecule has 8 nitrogen and oxygen atoms in total. The fourth-order valence-electron chi connectivity index (χ4n) is 4.16. The van der Waals surface area contributed by atoms with Crippen LogP contribution in [0.15, 0.2) is 77.7 Å². The zero-order valence-electron chi connectivity index (χ0n) is 23.5. The van der Waals surface area contributed by atoms with Crippen LogP contribution in [0.2, 0.25) is 0 Å². The smallest absolute Gasteiger partial charge is 0.264 e. The Labute approximate surface area is 240 Å². The average molecular weight is 588 g/mol. The van der Waals surface area contributed by atoms with Gasteiger partial charge in [-0.05, 0) is 86.0 Å². The van der Waals surface area contributed by atoms with Gasteiger partial charge in [-0.1, -0.05) is 26.0 Å². The number of carbonyl (C=O) groups is 2. The van der Waals surface area contributed by atoms with Crippen molar-refractivity contribution in [1.29, 1.82) is 0 Å². The minimum absolute atomic E-state index is 0.0641. The third kappa shape index (κ3) is 8.03. The normalized spacial score (nSPS) is 12.7. The Balaban J connectivity index is 2.05. The third-order valence-corrected chi connectivity index (χ3v) is 8.48. The van der Waals surface area contributed by atoms with Crippen molar-refractivity contribution < 1.29 is 31.5 Å². The summed E-state index contributed by atoms with van der Waals surface area (Å²) in [6, 6.07) is 14.8. The number of carbonyl (C=O) groups excluding carboxylic acids is 2. The van der Waals surface area contributed by atoms with Gasteiger partial charge in [-0.2, -0.15) is 0 Å². The number of nitrogens with one attached hydrogen (secondary N) is 1. The molecular formula is C30H35F2N3O5S. The lowest BCUT2D eigenvalue weighted by Gasteiger charge is -2.33. The van der Waals surface area contributed by atoms with E-state index in [9.17, 15) is 26.8 Å². The highest BCUT2D eigenvalue weighted by Gasteiger charge is 2.34. The molecule has 0 radical (unpaired) electrons. The maximum Gasteiger partial charge on any atom is 0.264 e. The van der Waals surface area contributed by atoms with E-state index in [1.807, 2.05) is 13.8 Å². The lowest BCUT2D eigenvalue weighted by Crippen LogP contribution is -2.53. The van der Waals surface area contributed by atoms with Crippen LogP contribution in [-0.4, -0.2) is 50.9 Å². The number of hydrogen-bond donors (Lipinski definition) is 1. The summed E-state index contributed by atoms with van der Waals surface area (Å²) in [5.74, 6) is -1.64. The second-order valence-electron chi connectivity index (χ2n) is 9.55. The minimum Gasteiger partial charge on any atom is -0.497 e. The Morgan fingerprint density at radius 1 is 0.878 bits per heavy atom. The first kappa shape index (κ1) is 31.5. The fourth-order valence-corrected chi connectivity index (χ4v) is 5.57. The molecule has 3 aromatic rings. The molecule has 11 heteroatoms. The van der Waals surface area contributed by atoms with Crippen LogP contribution < -0.4 is 14.4 Å². The molecule has 0 bridgehead atoms. The molecule has 0 spiro atoms. The van der Waals surface area contributed by atoms with Crippen LogP contribution in [0.25, 0.3) is 0 Å². The van der Waals surface area contributed by atoms with E-state index in [-0.39, 0.29) is 35.5 Å². The van der Waals surface area contributed by atoms with Gasteiger partial charge in [-0.15, -0.1) is 0 Å². The van der Waals surface area contributed by atoms with Crippen molar-refractivity contribution in [2.75, 3.05) is 18.0 Å². The number of rotatable bonds is 13. The molecule has 1 N–H and O–H groups in total. The van der Waals surface area contributed by atoms with Crippen LogP contribution in [0, 0.1) is 11.6 Å². The predicted molar refractivity (Wildman–Crippen MR) is 153 cm³/mol. The van der Waals surface area contributed by atoms with Crippen molar-refractivity contribution in [2.45, 2.75) is 57.1 Å². The van der Waals surface area contributed by atoms with E-state index in [4.69, 9.17) is 4.74 Å². The molecule has 0 saturated heterocycles. The molecule has 2 unspecified atom stereocenters. The van der Waals surface area contributed by atoms with E-state index < -0.39 is 40.2 Å². The summed E-state index contributed by atoms with van der Waals surface area (Å²) >= 11 is 0. The molecule has 0 aromatic heterocycles. The first-order chi connectivity index (χ1) is 19.5. The number of anilines is 1. The van der Waals surface area contributed by atoms with E-state index in [2.05, 4.69) is 5.32 Å². The highest BCUT2D eigenvalue weighted by Crippen LogP contribution is 2.26. The monoisotopic (exact) mass is 587 g/mol. The van der Waals surface area contributed by atoms with Gasteiger partial charge in [-0.25, -0.2) is 17.2 Å². The highest BCUT2D eigenvalue weighted by molar-refractivity contribution is 7.92. The summed E-state index contributed by atoms with van der Waals surface area (Å²) in [4.78, 5) is 28.4. The van der Waals surface area contributed by atoms with Gasteiger partial charge in [0.25, 0.3) is 10.0 Å². The largest absolute Gasteiger partial charge is 0.497 e. The third-order valence-electron chi connectivity index (χ3n) is 6.69. The van der Waals surface area contributed by atoms with E-state index in [0.29, 0.717) is 17.7 Å². The highest BCUT2D eigenvalue weighted by atomic mass is 32.2. The Hall–Kier alpha value is -3.99. The first-order valence-corrected chi connectivity index (χ1v) is 14.7. The number of hydrogen-bond acceptors (Lipinski definition) is 5. The van der Waals surface area contributed by atoms with Crippen molar-refractivity contribution in [3.63, 3.8) is 0 Å². The Bertz CT molecular complexity index is 1420. The topological polar surface area (TPSA) is 96.0 Å². The summed E-state index contributed by atoms with van der Waals surface area (Å²) in [5.41, 5.74) is 0.621. The Morgan fingerprint density at radius 3 is 1.95 bits per heavy atom. The van der Waals surface area contributed by atoms with Gasteiger partial charge in [-0.3, -0.25) is 13.9 Å². The molecule has 3 aromatic carbocycles. The van der Waals surface area contributed by atoms with Gasteiger partial charge in [0, 0.05) is 12.6 Å². The molecule has 41 heavy (non-hydrogen) atoms. The molecule has 3 rings (SSSR count). The maximum atomic E-state index is 14.0. The number of halogens is 2. The van der Waals surface area contributed by atoms with E-state index in [1.165, 1.54) is 72.7 Å². The molecule has 0 fully saturated rings. The molecule has 0 aliphatic rings. The SMILES string of the molecule is CCC(C)NC(=O)C(CC)N(Cc1ccc(F)cc1)C(=O)CN(c1ccc(F)cc1)S(=O)(=O)c1ccc(OC)cc1. The number of ether oxygens (including phenoxy) is 1. The fraction of sp³-hybridized carbons (Fsp3) is 0.333. The predicted octanol–water partition coefficient (Wildman–Crippen LogP) is 4.89. The van der Waals surface area contributed by atoms with Crippen LogP contribution in [-0.2, 0) is 26.2 Å². The molecule has 220 valence electrons. The van der Waals surface area contributed by atoms with Gasteiger partial charge in [0.15, 0.2) is 0 Å². The van der Waals surface area contributed by atoms with Gasteiger partial charge < -0.3 is 15.0 Å². The average Bonchev–Trinajstić information content (AvgIpc) is 2.97. The molecule has 2 amide bonds. The summed E-state index contributed by atoms with van der Waals surface area (Å²) in [6.07, 6.45) is 0.920. The summed E-state index contributed by atoms with van der Waals surface area (Å²) in [6.45, 7) is 4.77. The van der Waals surface area contributed by atoms with Crippen molar-refractivity contribution in [3.8, 4) is 5.75 Å². The summed E-state index contributed by atoms with van der Waals surface area (Å²) in [5, 5.41) is 2.89. The number of benzene rings is 3. The Morgan fingerprint density at radius 2 is 1.44 bits per heavy atom. The molecular weight excluding hydrogens is 552 g/mol. The molecule has 0 aliphatic carbocycles. The lowest BCUT2D eigenvalue weighted by molar-refractivity contribution is -0.140. The summed E-state index contributed by atoms with van der Waals surface area (Å²) in [7, 11) is -2.87. The zero-order chi connectivity index (χ0) is 30.2. The minimum atomic E-state index is -4.32. The number of nitrogens with zero attached hydrogens (tertiary/aromatic N) is 2. The van der Waals surface area contributed by atoms with E-state index in [0.717, 1.165) is 16.4 Å². The number of amides is 2. The van der Waals surface area contributed by atoms with Gasteiger partial charge >= 0.3 is 0 Å². The van der Waals surface area contributed by atoms with Crippen molar-refractivity contribution >= 4 is 27.5 Å². The van der Waals surface area contributed by atoms with Crippen molar-refractivity contribution in [3.05, 3.63) is 90.0 Å². The van der Waals surface area contributed by atoms with E-state index >= 15 is 0 Å². The molecule has 2 atom stereocenters. The standard InChI is InChI=1S/C30H35F2N3O5S/c1-5-21(3)33-30(37)28(6-2)34(19-22-7-9-23(31)10-8-22)29(36)20-35(25-13-11-24(32)12-14-25)41(38,39)27-17-15-26(40-4)16-18-27/h7-18,21,28H,5-6,19-20H2,1-4H3,(H,33,37). The van der Waals surface area contributed by atoms with Crippen molar-refractivity contribution in [1.82, 2.24) is 10.2 Å². The second-order valence-corrected chi connectivity index (χ2v) is 11.4. The second kappa shape index (κ2) is 14.1. The molecule has 0 aliphatic heterocycles. The number of sulfonamides is 1. The van der Waals surface area contributed by atoms with Gasteiger partial charge in [0.1, 0.15) is 30.0 Å². The molecule has 0 saturated carbocycles. The van der Waals surface area contributed by atoms with Crippen LogP contribution in [0.1, 0.15) is 39.2 Å². The number of methoxy groups -OCH3 is 1. The van der Waals surface area contributed by atoms with Crippen LogP contribution in [0.5, 0.6) is 5.75 Å². The van der Waals surface area contributed by atoms with Crippen LogP contribution in [0.3, 0.4) is 0 Å². The van der Waals surface area contributed by atoms with Crippen LogP contribution >= 0.6 is 0 Å². The van der Waals surface area contributed by atoms with E-state index in [1.54, 1.807) is 6.92 Å². The first-order valence-electron chi connectivity index (χ1n) is 13.3. The lowest BCUT2D eigenvalue weighted by atomic mass is 10.1. The van der Waals surface area contributed by atoms with Crippen molar-refractivity contribution in [2.24, 2.45) is 0 Å². The van der Waals surface area contributed by atoms with Gasteiger partial charge in [0.05, 0.1) is 17.7 Å². The quantitative estimate of drug-likeness (QED) is 0.307. The summed E-state index contributed by atoms with van der Waals surface area (Å²) < 4.78 is 61.0. The van der Waals surface area contributed by atoms with Crippen LogP contribution in [0.4, 0.5) is 14.5 Å². The zero-order valence-corrected chi connectivity index (χ0v) is 24.3. The maximum absolute atomic E-state index is 14.0.